The molecule has 2 rings (SSSR count). The number of carbonyl (C=O) groups is 1. The van der Waals surface area contributed by atoms with Crippen LogP contribution in [0, 0.1) is 0 Å². The summed E-state index contributed by atoms with van der Waals surface area (Å²) in [4.78, 5) is 11.1. The second kappa shape index (κ2) is 5.29. The van der Waals surface area contributed by atoms with Crippen LogP contribution in [0.1, 0.15) is 10.4 Å². The van der Waals surface area contributed by atoms with E-state index < -0.39 is 5.97 Å². The molecule has 1 N–H and O–H groups in total. The molecule has 0 unspecified atom stereocenters. The molecular formula is C13H8Cl2O3. The van der Waals surface area contributed by atoms with Crippen molar-refractivity contribution in [1.29, 1.82) is 0 Å². The Hall–Kier alpha value is -1.71. The molecule has 0 saturated heterocycles. The van der Waals surface area contributed by atoms with Gasteiger partial charge in [-0.3, -0.25) is 0 Å². The van der Waals surface area contributed by atoms with Gasteiger partial charge in [0.1, 0.15) is 17.1 Å². The lowest BCUT2D eigenvalue weighted by Crippen LogP contribution is -2.01. The number of halogens is 2. The Morgan fingerprint density at radius 3 is 2.50 bits per heavy atom. The zero-order valence-electron chi connectivity index (χ0n) is 9.06. The first kappa shape index (κ1) is 12.7. The normalized spacial score (nSPS) is 10.1. The molecule has 0 aromatic heterocycles. The van der Waals surface area contributed by atoms with Crippen molar-refractivity contribution < 1.29 is 14.6 Å². The minimum atomic E-state index is -1.14. The van der Waals surface area contributed by atoms with Crippen LogP contribution in [0.5, 0.6) is 11.5 Å². The van der Waals surface area contributed by atoms with Gasteiger partial charge in [-0.15, -0.1) is 0 Å². The third-order valence-corrected chi connectivity index (χ3v) is 2.76. The Bertz CT molecular complexity index is 597. The first-order valence-electron chi connectivity index (χ1n) is 5.03. The zero-order chi connectivity index (χ0) is 13.1. The Morgan fingerprint density at radius 2 is 1.83 bits per heavy atom. The lowest BCUT2D eigenvalue weighted by molar-refractivity contribution is 0.0694. The highest BCUT2D eigenvalue weighted by atomic mass is 35.5. The van der Waals surface area contributed by atoms with Crippen LogP contribution < -0.4 is 4.74 Å². The monoisotopic (exact) mass is 282 g/mol. The average molecular weight is 283 g/mol. The zero-order valence-corrected chi connectivity index (χ0v) is 10.6. The van der Waals surface area contributed by atoms with E-state index in [1.165, 1.54) is 12.1 Å². The highest BCUT2D eigenvalue weighted by Gasteiger charge is 2.16. The largest absolute Gasteiger partial charge is 0.478 e. The van der Waals surface area contributed by atoms with Crippen LogP contribution in [0.4, 0.5) is 0 Å². The van der Waals surface area contributed by atoms with Crippen molar-refractivity contribution in [3.63, 3.8) is 0 Å². The molecule has 3 nitrogen and oxygen atoms in total. The van der Waals surface area contributed by atoms with E-state index in [9.17, 15) is 4.79 Å². The number of ether oxygens (including phenoxy) is 1. The number of rotatable bonds is 3. The Labute approximate surface area is 114 Å². The van der Waals surface area contributed by atoms with E-state index in [4.69, 9.17) is 33.0 Å². The van der Waals surface area contributed by atoms with Gasteiger partial charge in [0.05, 0.1) is 5.02 Å². The summed E-state index contributed by atoms with van der Waals surface area (Å²) >= 11 is 11.7. The van der Waals surface area contributed by atoms with E-state index in [0.717, 1.165) is 0 Å². The van der Waals surface area contributed by atoms with Crippen molar-refractivity contribution in [3.8, 4) is 11.5 Å². The quantitative estimate of drug-likeness (QED) is 0.903. The second-order valence-corrected chi connectivity index (χ2v) is 4.32. The molecule has 0 aliphatic carbocycles. The number of benzene rings is 2. The third kappa shape index (κ3) is 2.75. The van der Waals surface area contributed by atoms with Gasteiger partial charge in [0.2, 0.25) is 0 Å². The molecule has 0 spiro atoms. The minimum absolute atomic E-state index is 0.0702. The van der Waals surface area contributed by atoms with Crippen molar-refractivity contribution in [2.45, 2.75) is 0 Å². The van der Waals surface area contributed by atoms with Crippen molar-refractivity contribution in [1.82, 2.24) is 0 Å². The fraction of sp³-hybridized carbons (Fsp3) is 0. The van der Waals surface area contributed by atoms with Crippen molar-refractivity contribution in [2.75, 3.05) is 0 Å². The molecule has 2 aromatic carbocycles. The van der Waals surface area contributed by atoms with Crippen LogP contribution in [0.3, 0.4) is 0 Å². The van der Waals surface area contributed by atoms with Gasteiger partial charge in [-0.2, -0.15) is 0 Å². The predicted octanol–water partition coefficient (Wildman–Crippen LogP) is 4.48. The Balaban J connectivity index is 2.40. The molecule has 0 heterocycles. The first-order valence-corrected chi connectivity index (χ1v) is 5.79. The summed E-state index contributed by atoms with van der Waals surface area (Å²) in [5.41, 5.74) is -0.0702. The Morgan fingerprint density at radius 1 is 1.11 bits per heavy atom. The Kier molecular flexibility index (Phi) is 3.75. The molecule has 5 heteroatoms. The molecule has 0 amide bonds. The molecule has 92 valence electrons. The van der Waals surface area contributed by atoms with E-state index in [1.54, 1.807) is 30.3 Å². The second-order valence-electron chi connectivity index (χ2n) is 3.48. The fourth-order valence-corrected chi connectivity index (χ4v) is 1.88. The summed E-state index contributed by atoms with van der Waals surface area (Å²) in [6.07, 6.45) is 0. The van der Waals surface area contributed by atoms with Gasteiger partial charge in [-0.1, -0.05) is 35.3 Å². The van der Waals surface area contributed by atoms with Crippen LogP contribution >= 0.6 is 23.2 Å². The van der Waals surface area contributed by atoms with Gasteiger partial charge < -0.3 is 9.84 Å². The van der Waals surface area contributed by atoms with Crippen molar-refractivity contribution >= 4 is 29.2 Å². The van der Waals surface area contributed by atoms with E-state index in [2.05, 4.69) is 0 Å². The highest BCUT2D eigenvalue weighted by Crippen LogP contribution is 2.31. The van der Waals surface area contributed by atoms with Gasteiger partial charge in [0, 0.05) is 5.02 Å². The maximum absolute atomic E-state index is 11.1. The summed E-state index contributed by atoms with van der Waals surface area (Å²) in [7, 11) is 0. The van der Waals surface area contributed by atoms with Crippen LogP contribution in [0.2, 0.25) is 10.0 Å². The molecule has 0 aliphatic rings. The van der Waals surface area contributed by atoms with E-state index in [1.807, 2.05) is 0 Å². The van der Waals surface area contributed by atoms with Crippen molar-refractivity contribution in [3.05, 3.63) is 58.1 Å². The standard InChI is InChI=1S/C13H8Cl2O3/c14-8-3-1-4-9(7-8)18-11-6-2-5-10(15)12(11)13(16)17/h1-7H,(H,16,17). The van der Waals surface area contributed by atoms with E-state index in [0.29, 0.717) is 10.8 Å². The lowest BCUT2D eigenvalue weighted by atomic mass is 10.2. The molecule has 0 radical (unpaired) electrons. The number of carboxylic acids is 1. The van der Waals surface area contributed by atoms with Crippen LogP contribution in [-0.2, 0) is 0 Å². The van der Waals surface area contributed by atoms with Crippen LogP contribution in [0.25, 0.3) is 0 Å². The minimum Gasteiger partial charge on any atom is -0.478 e. The fourth-order valence-electron chi connectivity index (χ4n) is 1.45. The van der Waals surface area contributed by atoms with Gasteiger partial charge in [-0.05, 0) is 30.3 Å². The molecular weight excluding hydrogens is 275 g/mol. The topological polar surface area (TPSA) is 46.5 Å². The number of carboxylic acid groups (broad SMARTS) is 1. The van der Waals surface area contributed by atoms with E-state index in [-0.39, 0.29) is 16.3 Å². The van der Waals surface area contributed by atoms with Gasteiger partial charge >= 0.3 is 5.97 Å². The van der Waals surface area contributed by atoms with Crippen molar-refractivity contribution in [2.24, 2.45) is 0 Å². The van der Waals surface area contributed by atoms with Gasteiger partial charge in [0.25, 0.3) is 0 Å². The predicted molar refractivity (Wildman–Crippen MR) is 69.9 cm³/mol. The van der Waals surface area contributed by atoms with Crippen LogP contribution in [-0.4, -0.2) is 11.1 Å². The smallest absolute Gasteiger partial charge is 0.341 e. The number of hydrogen-bond donors (Lipinski definition) is 1. The molecule has 2 aromatic rings. The maximum Gasteiger partial charge on any atom is 0.341 e. The molecule has 0 atom stereocenters. The molecule has 18 heavy (non-hydrogen) atoms. The summed E-state index contributed by atoms with van der Waals surface area (Å²) in [5.74, 6) is -0.512. The summed E-state index contributed by atoms with van der Waals surface area (Å²) in [5, 5.41) is 9.72. The number of hydrogen-bond acceptors (Lipinski definition) is 2. The summed E-state index contributed by atoms with van der Waals surface area (Å²) < 4.78 is 5.48. The number of aromatic carboxylic acids is 1. The summed E-state index contributed by atoms with van der Waals surface area (Å²) in [6, 6.07) is 11.3. The van der Waals surface area contributed by atoms with E-state index >= 15 is 0 Å². The average Bonchev–Trinajstić information content (AvgIpc) is 2.28. The summed E-state index contributed by atoms with van der Waals surface area (Å²) in [6.45, 7) is 0. The molecule has 0 aliphatic heterocycles. The highest BCUT2D eigenvalue weighted by molar-refractivity contribution is 6.33. The van der Waals surface area contributed by atoms with Gasteiger partial charge in [-0.25, -0.2) is 4.79 Å². The van der Waals surface area contributed by atoms with Gasteiger partial charge in [0.15, 0.2) is 0 Å². The lowest BCUT2D eigenvalue weighted by Gasteiger charge is -2.09. The molecule has 0 fully saturated rings. The SMILES string of the molecule is O=C(O)c1c(Cl)cccc1Oc1cccc(Cl)c1. The third-order valence-electron chi connectivity index (χ3n) is 2.21. The molecule has 0 bridgehead atoms. The van der Waals surface area contributed by atoms with Crippen LogP contribution in [0.15, 0.2) is 42.5 Å². The first-order chi connectivity index (χ1) is 8.58. The maximum atomic E-state index is 11.1. The molecule has 0 saturated carbocycles.